The number of hydrogen-bond acceptors (Lipinski definition) is 3. The Morgan fingerprint density at radius 3 is 2.42 bits per heavy atom. The first-order chi connectivity index (χ1) is 9.06. The number of para-hydroxylation sites is 1. The number of hydrogen-bond donors (Lipinski definition) is 2. The number of nitrogens with zero attached hydrogens (tertiary/aromatic N) is 2. The highest BCUT2D eigenvalue weighted by molar-refractivity contribution is 5.96. The Hall–Kier alpha value is -2.08. The van der Waals surface area contributed by atoms with Crippen LogP contribution in [-0.4, -0.2) is 55.7 Å². The smallest absolute Gasteiger partial charge is 0.324 e. The number of nitrogens with one attached hydrogen (secondary N) is 1. The second-order valence-electron chi connectivity index (χ2n) is 4.12. The maximum atomic E-state index is 12.2. The van der Waals surface area contributed by atoms with Crippen molar-refractivity contribution in [1.29, 1.82) is 0 Å². The fourth-order valence-electron chi connectivity index (χ4n) is 1.59. The van der Waals surface area contributed by atoms with Crippen LogP contribution in [0.1, 0.15) is 0 Å². The van der Waals surface area contributed by atoms with E-state index >= 15 is 0 Å². The number of rotatable bonds is 6. The number of benzene rings is 1. The number of carboxylic acids is 1. The van der Waals surface area contributed by atoms with Crippen LogP contribution in [0.5, 0.6) is 0 Å². The van der Waals surface area contributed by atoms with Gasteiger partial charge in [-0.15, -0.1) is 0 Å². The molecule has 0 aliphatic rings. The van der Waals surface area contributed by atoms with Crippen LogP contribution in [0, 0.1) is 0 Å². The third-order valence-corrected chi connectivity index (χ3v) is 2.62. The zero-order valence-corrected chi connectivity index (χ0v) is 11.2. The lowest BCUT2D eigenvalue weighted by molar-refractivity contribution is -0.135. The average Bonchev–Trinajstić information content (AvgIpc) is 2.42. The van der Waals surface area contributed by atoms with E-state index in [0.29, 0.717) is 18.8 Å². The van der Waals surface area contributed by atoms with E-state index in [4.69, 9.17) is 5.11 Å². The molecule has 1 rings (SSSR count). The molecule has 0 bridgehead atoms. The molecule has 0 saturated heterocycles. The minimum atomic E-state index is -1.04. The molecule has 2 amide bonds. The Kier molecular flexibility index (Phi) is 5.81. The number of amides is 2. The van der Waals surface area contributed by atoms with Gasteiger partial charge in [-0.3, -0.25) is 9.69 Å². The van der Waals surface area contributed by atoms with Gasteiger partial charge in [0.15, 0.2) is 0 Å². The van der Waals surface area contributed by atoms with Gasteiger partial charge in [0.25, 0.3) is 0 Å². The first kappa shape index (κ1) is 15.0. The van der Waals surface area contributed by atoms with Gasteiger partial charge in [-0.2, -0.15) is 0 Å². The highest BCUT2D eigenvalue weighted by atomic mass is 16.4. The quantitative estimate of drug-likeness (QED) is 0.799. The molecular formula is C13H19N3O3. The van der Waals surface area contributed by atoms with Crippen molar-refractivity contribution in [2.24, 2.45) is 0 Å². The summed E-state index contributed by atoms with van der Waals surface area (Å²) in [5.41, 5.74) is 0.575. The summed E-state index contributed by atoms with van der Waals surface area (Å²) in [6.45, 7) is 0.808. The predicted molar refractivity (Wildman–Crippen MR) is 73.4 cm³/mol. The average molecular weight is 265 g/mol. The molecule has 0 saturated carbocycles. The summed E-state index contributed by atoms with van der Waals surface area (Å²) in [4.78, 5) is 25.9. The van der Waals surface area contributed by atoms with Gasteiger partial charge in [0.1, 0.15) is 6.54 Å². The van der Waals surface area contributed by atoms with Gasteiger partial charge in [0.05, 0.1) is 0 Å². The highest BCUT2D eigenvalue weighted by Gasteiger charge is 2.21. The van der Waals surface area contributed by atoms with E-state index in [0.717, 1.165) is 0 Å². The maximum Gasteiger partial charge on any atom is 0.324 e. The maximum absolute atomic E-state index is 12.2. The van der Waals surface area contributed by atoms with Crippen molar-refractivity contribution >= 4 is 17.7 Å². The topological polar surface area (TPSA) is 72.9 Å². The lowest BCUT2D eigenvalue weighted by atomic mass is 10.3. The summed E-state index contributed by atoms with van der Waals surface area (Å²) in [6, 6.07) is 8.46. The summed E-state index contributed by atoms with van der Waals surface area (Å²) in [5, 5.41) is 11.9. The molecule has 6 heteroatoms. The summed E-state index contributed by atoms with van der Waals surface area (Å²) < 4.78 is 0. The largest absolute Gasteiger partial charge is 0.480 e. The van der Waals surface area contributed by atoms with E-state index in [1.807, 2.05) is 6.07 Å². The number of likely N-dealkylation sites (N-methyl/N-ethyl adjacent to an activating group) is 2. The van der Waals surface area contributed by atoms with Crippen LogP contribution in [0.25, 0.3) is 0 Å². The van der Waals surface area contributed by atoms with Crippen molar-refractivity contribution in [3.8, 4) is 0 Å². The molecule has 0 fully saturated rings. The number of aliphatic carboxylic acids is 1. The first-order valence-corrected chi connectivity index (χ1v) is 6.00. The van der Waals surface area contributed by atoms with Crippen molar-refractivity contribution in [2.45, 2.75) is 0 Å². The van der Waals surface area contributed by atoms with Crippen LogP contribution in [0.15, 0.2) is 30.3 Å². The molecule has 1 aromatic rings. The number of urea groups is 1. The standard InChI is InChI=1S/C13H19N3O3/c1-14-8-9-15(2)13(19)16(10-12(17)18)11-6-4-3-5-7-11/h3-7,14H,8-10H2,1-2H3,(H,17,18). The predicted octanol–water partition coefficient (Wildman–Crippen LogP) is 0.849. The molecule has 0 atom stereocenters. The Morgan fingerprint density at radius 2 is 1.89 bits per heavy atom. The van der Waals surface area contributed by atoms with Crippen LogP contribution in [-0.2, 0) is 4.79 Å². The molecule has 104 valence electrons. The summed E-state index contributed by atoms with van der Waals surface area (Å²) >= 11 is 0. The van der Waals surface area contributed by atoms with Crippen LogP contribution in [0.3, 0.4) is 0 Å². The van der Waals surface area contributed by atoms with E-state index in [9.17, 15) is 9.59 Å². The lowest BCUT2D eigenvalue weighted by Crippen LogP contribution is -2.45. The van der Waals surface area contributed by atoms with Gasteiger partial charge in [0.2, 0.25) is 0 Å². The van der Waals surface area contributed by atoms with Crippen molar-refractivity contribution in [1.82, 2.24) is 10.2 Å². The fourth-order valence-corrected chi connectivity index (χ4v) is 1.59. The number of carbonyl (C=O) groups excluding carboxylic acids is 1. The Labute approximate surface area is 112 Å². The van der Waals surface area contributed by atoms with Gasteiger partial charge in [0, 0.05) is 25.8 Å². The molecule has 0 spiro atoms. The van der Waals surface area contributed by atoms with Crippen LogP contribution in [0.4, 0.5) is 10.5 Å². The summed E-state index contributed by atoms with van der Waals surface area (Å²) in [6.07, 6.45) is 0. The van der Waals surface area contributed by atoms with E-state index < -0.39 is 5.97 Å². The Bertz CT molecular complexity index is 422. The van der Waals surface area contributed by atoms with Crippen LogP contribution >= 0.6 is 0 Å². The molecule has 0 aliphatic heterocycles. The number of anilines is 1. The molecule has 6 nitrogen and oxygen atoms in total. The summed E-state index contributed by atoms with van der Waals surface area (Å²) in [7, 11) is 3.45. The molecule has 2 N–H and O–H groups in total. The van der Waals surface area contributed by atoms with E-state index in [1.165, 1.54) is 9.80 Å². The minimum Gasteiger partial charge on any atom is -0.480 e. The second kappa shape index (κ2) is 7.38. The van der Waals surface area contributed by atoms with E-state index in [-0.39, 0.29) is 12.6 Å². The van der Waals surface area contributed by atoms with Crippen molar-refractivity contribution < 1.29 is 14.7 Å². The monoisotopic (exact) mass is 265 g/mol. The first-order valence-electron chi connectivity index (χ1n) is 6.00. The molecule has 0 unspecified atom stereocenters. The minimum absolute atomic E-state index is 0.330. The van der Waals surface area contributed by atoms with Gasteiger partial charge in [-0.1, -0.05) is 18.2 Å². The Morgan fingerprint density at radius 1 is 1.26 bits per heavy atom. The zero-order chi connectivity index (χ0) is 14.3. The fraction of sp³-hybridized carbons (Fsp3) is 0.385. The molecule has 0 heterocycles. The third-order valence-electron chi connectivity index (χ3n) is 2.62. The zero-order valence-electron chi connectivity index (χ0n) is 11.2. The number of carbonyl (C=O) groups is 2. The normalized spacial score (nSPS) is 10.0. The molecule has 19 heavy (non-hydrogen) atoms. The van der Waals surface area contributed by atoms with Crippen molar-refractivity contribution in [3.05, 3.63) is 30.3 Å². The van der Waals surface area contributed by atoms with Crippen molar-refractivity contribution in [3.63, 3.8) is 0 Å². The second-order valence-corrected chi connectivity index (χ2v) is 4.12. The van der Waals surface area contributed by atoms with Gasteiger partial charge in [-0.05, 0) is 19.2 Å². The molecular weight excluding hydrogens is 246 g/mol. The Balaban J connectivity index is 2.85. The summed E-state index contributed by atoms with van der Waals surface area (Å²) in [5.74, 6) is -1.04. The van der Waals surface area contributed by atoms with E-state index in [1.54, 1.807) is 38.4 Å². The third kappa shape index (κ3) is 4.59. The van der Waals surface area contributed by atoms with Gasteiger partial charge < -0.3 is 15.3 Å². The van der Waals surface area contributed by atoms with Crippen LogP contribution in [0.2, 0.25) is 0 Å². The molecule has 1 aromatic carbocycles. The molecule has 0 aliphatic carbocycles. The molecule has 0 aromatic heterocycles. The van der Waals surface area contributed by atoms with Crippen LogP contribution < -0.4 is 10.2 Å². The van der Waals surface area contributed by atoms with E-state index in [2.05, 4.69) is 5.32 Å². The van der Waals surface area contributed by atoms with Crippen molar-refractivity contribution in [2.75, 3.05) is 38.6 Å². The van der Waals surface area contributed by atoms with Gasteiger partial charge >= 0.3 is 12.0 Å². The SMILES string of the molecule is CNCCN(C)C(=O)N(CC(=O)O)c1ccccc1. The molecule has 0 radical (unpaired) electrons. The lowest BCUT2D eigenvalue weighted by Gasteiger charge is -2.27. The highest BCUT2D eigenvalue weighted by Crippen LogP contribution is 2.14. The van der Waals surface area contributed by atoms with Gasteiger partial charge in [-0.25, -0.2) is 4.79 Å². The number of carboxylic acid groups (broad SMARTS) is 1.